The van der Waals surface area contributed by atoms with E-state index in [1.165, 1.54) is 11.0 Å². The second-order valence-electron chi connectivity index (χ2n) is 7.99. The fraction of sp³-hybridized carbons (Fsp3) is 0.320. The lowest BCUT2D eigenvalue weighted by atomic mass is 10.1. The third kappa shape index (κ3) is 5.17. The second kappa shape index (κ2) is 10.1. The zero-order chi connectivity index (χ0) is 22.3. The molecule has 1 N–H and O–H groups in total. The normalized spacial score (nSPS) is 19.2. The van der Waals surface area contributed by atoms with Gasteiger partial charge in [0.15, 0.2) is 0 Å². The number of piperazine rings is 2. The van der Waals surface area contributed by atoms with Gasteiger partial charge < -0.3 is 20.0 Å². The van der Waals surface area contributed by atoms with E-state index in [2.05, 4.69) is 22.3 Å². The van der Waals surface area contributed by atoms with E-state index in [-0.39, 0.29) is 24.1 Å². The number of hydrogen-bond acceptors (Lipinski definition) is 4. The van der Waals surface area contributed by atoms with Crippen molar-refractivity contribution in [3.63, 3.8) is 0 Å². The van der Waals surface area contributed by atoms with Crippen molar-refractivity contribution in [1.82, 2.24) is 15.1 Å². The zero-order valence-corrected chi connectivity index (χ0v) is 18.0. The first-order chi connectivity index (χ1) is 15.6. The molecule has 0 spiro atoms. The molecule has 2 aliphatic heterocycles. The molecular weight excluding hydrogens is 404 g/mol. The van der Waals surface area contributed by atoms with Gasteiger partial charge in [-0.1, -0.05) is 48.5 Å². The van der Waals surface area contributed by atoms with Crippen molar-refractivity contribution in [3.8, 4) is 0 Å². The standard InChI is InChI=1S/C25H28N4O3/c30-23(12-11-20-7-3-1-4-8-20)29-14-13-26-25(32)22(29)19-24(31)28-17-15-27(16-18-28)21-9-5-2-6-10-21/h1-12,22H,13-19H2,(H,26,32)/b12-11+/t22-/m0/s1. The van der Waals surface area contributed by atoms with Crippen LogP contribution in [0.15, 0.2) is 66.7 Å². The molecule has 0 bridgehead atoms. The molecule has 0 radical (unpaired) electrons. The van der Waals surface area contributed by atoms with Gasteiger partial charge in [-0.3, -0.25) is 14.4 Å². The van der Waals surface area contributed by atoms with Crippen LogP contribution in [0.3, 0.4) is 0 Å². The topological polar surface area (TPSA) is 73.0 Å². The Kier molecular flexibility index (Phi) is 6.84. The minimum Gasteiger partial charge on any atom is -0.368 e. The number of para-hydroxylation sites is 1. The van der Waals surface area contributed by atoms with Gasteiger partial charge in [-0.05, 0) is 23.8 Å². The zero-order valence-electron chi connectivity index (χ0n) is 18.0. The highest BCUT2D eigenvalue weighted by Crippen LogP contribution is 2.18. The van der Waals surface area contributed by atoms with E-state index in [0.29, 0.717) is 26.2 Å². The summed E-state index contributed by atoms with van der Waals surface area (Å²) in [6.07, 6.45) is 3.21. The summed E-state index contributed by atoms with van der Waals surface area (Å²) in [6, 6.07) is 18.9. The van der Waals surface area contributed by atoms with Gasteiger partial charge in [-0.2, -0.15) is 0 Å². The molecule has 0 aromatic heterocycles. The lowest BCUT2D eigenvalue weighted by Crippen LogP contribution is -2.59. The Hall–Kier alpha value is -3.61. The fourth-order valence-electron chi connectivity index (χ4n) is 4.16. The largest absolute Gasteiger partial charge is 0.368 e. The number of amides is 3. The maximum Gasteiger partial charge on any atom is 0.247 e. The first-order valence-electron chi connectivity index (χ1n) is 11.0. The molecule has 1 atom stereocenters. The number of nitrogens with zero attached hydrogens (tertiary/aromatic N) is 3. The quantitative estimate of drug-likeness (QED) is 0.731. The molecule has 7 nitrogen and oxygen atoms in total. The molecule has 4 rings (SSSR count). The summed E-state index contributed by atoms with van der Waals surface area (Å²) in [4.78, 5) is 43.9. The SMILES string of the molecule is O=C1NCCN(C(=O)/C=C/c2ccccc2)[C@H]1CC(=O)N1CCN(c2ccccc2)CC1. The predicted molar refractivity (Wildman–Crippen MR) is 124 cm³/mol. The molecule has 0 aliphatic carbocycles. The molecule has 0 saturated carbocycles. The van der Waals surface area contributed by atoms with Crippen molar-refractivity contribution in [2.45, 2.75) is 12.5 Å². The van der Waals surface area contributed by atoms with E-state index in [0.717, 1.165) is 24.3 Å². The number of rotatable bonds is 5. The Morgan fingerprint density at radius 3 is 2.25 bits per heavy atom. The van der Waals surface area contributed by atoms with Gasteiger partial charge in [-0.15, -0.1) is 0 Å². The van der Waals surface area contributed by atoms with Crippen LogP contribution in [0.1, 0.15) is 12.0 Å². The van der Waals surface area contributed by atoms with E-state index in [4.69, 9.17) is 0 Å². The predicted octanol–water partition coefficient (Wildman–Crippen LogP) is 1.77. The number of benzene rings is 2. The van der Waals surface area contributed by atoms with Gasteiger partial charge in [0.25, 0.3) is 0 Å². The Morgan fingerprint density at radius 1 is 0.906 bits per heavy atom. The summed E-state index contributed by atoms with van der Waals surface area (Å²) in [5.74, 6) is -0.617. The smallest absolute Gasteiger partial charge is 0.247 e. The highest BCUT2D eigenvalue weighted by atomic mass is 16.2. The van der Waals surface area contributed by atoms with Crippen LogP contribution in [-0.2, 0) is 14.4 Å². The van der Waals surface area contributed by atoms with Crippen LogP contribution in [0.4, 0.5) is 5.69 Å². The molecule has 2 aromatic rings. The van der Waals surface area contributed by atoms with Crippen LogP contribution in [0, 0.1) is 0 Å². The number of carbonyl (C=O) groups is 3. The minimum atomic E-state index is -0.781. The van der Waals surface area contributed by atoms with Crippen LogP contribution in [0.25, 0.3) is 6.08 Å². The number of hydrogen-bond donors (Lipinski definition) is 1. The molecule has 2 fully saturated rings. The summed E-state index contributed by atoms with van der Waals surface area (Å²) in [6.45, 7) is 3.48. The van der Waals surface area contributed by atoms with Gasteiger partial charge in [0.2, 0.25) is 17.7 Å². The van der Waals surface area contributed by atoms with Crippen molar-refractivity contribution in [3.05, 3.63) is 72.3 Å². The molecular formula is C25H28N4O3. The van der Waals surface area contributed by atoms with Gasteiger partial charge in [0.05, 0.1) is 6.42 Å². The second-order valence-corrected chi connectivity index (χ2v) is 7.99. The van der Waals surface area contributed by atoms with Crippen molar-refractivity contribution in [1.29, 1.82) is 0 Å². The first kappa shape index (κ1) is 21.6. The maximum atomic E-state index is 13.0. The van der Waals surface area contributed by atoms with Crippen molar-refractivity contribution >= 4 is 29.5 Å². The average molecular weight is 433 g/mol. The third-order valence-electron chi connectivity index (χ3n) is 5.95. The Balaban J connectivity index is 1.36. The molecule has 166 valence electrons. The molecule has 2 saturated heterocycles. The lowest BCUT2D eigenvalue weighted by Gasteiger charge is -2.38. The number of nitrogens with one attached hydrogen (secondary N) is 1. The minimum absolute atomic E-state index is 0.00207. The fourth-order valence-corrected chi connectivity index (χ4v) is 4.16. The summed E-state index contributed by atoms with van der Waals surface area (Å²) in [7, 11) is 0. The average Bonchev–Trinajstić information content (AvgIpc) is 2.85. The molecule has 2 aliphatic rings. The Labute approximate surface area is 188 Å². The summed E-state index contributed by atoms with van der Waals surface area (Å²) in [5, 5.41) is 2.79. The van der Waals surface area contributed by atoms with Gasteiger partial charge in [-0.25, -0.2) is 0 Å². The van der Waals surface area contributed by atoms with Crippen molar-refractivity contribution in [2.24, 2.45) is 0 Å². The number of anilines is 1. The van der Waals surface area contributed by atoms with Crippen LogP contribution in [0.5, 0.6) is 0 Å². The lowest BCUT2D eigenvalue weighted by molar-refractivity contribution is -0.144. The van der Waals surface area contributed by atoms with Crippen LogP contribution in [-0.4, -0.2) is 72.8 Å². The maximum absolute atomic E-state index is 13.0. The first-order valence-corrected chi connectivity index (χ1v) is 11.0. The molecule has 0 unspecified atom stereocenters. The van der Waals surface area contributed by atoms with Crippen LogP contribution < -0.4 is 10.2 Å². The van der Waals surface area contributed by atoms with Gasteiger partial charge in [0.1, 0.15) is 6.04 Å². The van der Waals surface area contributed by atoms with E-state index in [1.54, 1.807) is 11.0 Å². The van der Waals surface area contributed by atoms with Gasteiger partial charge >= 0.3 is 0 Å². The van der Waals surface area contributed by atoms with Crippen molar-refractivity contribution in [2.75, 3.05) is 44.2 Å². The molecule has 2 heterocycles. The summed E-state index contributed by atoms with van der Waals surface area (Å²) < 4.78 is 0. The molecule has 7 heteroatoms. The van der Waals surface area contributed by atoms with Crippen molar-refractivity contribution < 1.29 is 14.4 Å². The van der Waals surface area contributed by atoms with E-state index in [9.17, 15) is 14.4 Å². The summed E-state index contributed by atoms with van der Waals surface area (Å²) in [5.41, 5.74) is 2.06. The van der Waals surface area contributed by atoms with Crippen LogP contribution in [0.2, 0.25) is 0 Å². The monoisotopic (exact) mass is 432 g/mol. The molecule has 2 aromatic carbocycles. The van der Waals surface area contributed by atoms with E-state index < -0.39 is 6.04 Å². The third-order valence-corrected chi connectivity index (χ3v) is 5.95. The van der Waals surface area contributed by atoms with Crippen LogP contribution >= 0.6 is 0 Å². The summed E-state index contributed by atoms with van der Waals surface area (Å²) >= 11 is 0. The Morgan fingerprint density at radius 2 is 1.56 bits per heavy atom. The molecule has 32 heavy (non-hydrogen) atoms. The number of carbonyl (C=O) groups excluding carboxylic acids is 3. The Bertz CT molecular complexity index is 969. The highest BCUT2D eigenvalue weighted by Gasteiger charge is 2.35. The molecule has 3 amide bonds. The van der Waals surface area contributed by atoms with E-state index >= 15 is 0 Å². The van der Waals surface area contributed by atoms with Gasteiger partial charge in [0, 0.05) is 51.0 Å². The highest BCUT2D eigenvalue weighted by molar-refractivity contribution is 5.98. The van der Waals surface area contributed by atoms with E-state index in [1.807, 2.05) is 48.5 Å².